The van der Waals surface area contributed by atoms with Gasteiger partial charge in [-0.15, -0.1) is 0 Å². The minimum absolute atomic E-state index is 0.00122. The maximum absolute atomic E-state index is 11.4. The summed E-state index contributed by atoms with van der Waals surface area (Å²) < 4.78 is 5.24. The molecular formula is C17H34O2. The van der Waals surface area contributed by atoms with Gasteiger partial charge in [0.05, 0.1) is 6.61 Å². The molecule has 2 nitrogen and oxygen atoms in total. The molecule has 2 heteroatoms. The van der Waals surface area contributed by atoms with E-state index in [1.165, 1.54) is 44.9 Å². The van der Waals surface area contributed by atoms with Crippen LogP contribution in [0, 0.1) is 5.92 Å². The maximum atomic E-state index is 11.4. The lowest BCUT2D eigenvalue weighted by molar-refractivity contribution is -0.143. The number of esters is 1. The van der Waals surface area contributed by atoms with Crippen LogP contribution in [-0.4, -0.2) is 12.6 Å². The maximum Gasteiger partial charge on any atom is 0.305 e. The largest absolute Gasteiger partial charge is 0.466 e. The van der Waals surface area contributed by atoms with E-state index in [2.05, 4.69) is 20.8 Å². The molecule has 0 atom stereocenters. The second kappa shape index (κ2) is 13.9. The fourth-order valence-corrected chi connectivity index (χ4v) is 2.14. The standard InChI is InChI=1S/C17H34O2/c1-4-5-6-7-11-14-17(18)19-15-12-9-8-10-13-16(2)3/h16H,4-15H2,1-3H3. The highest BCUT2D eigenvalue weighted by Gasteiger charge is 2.02. The second-order valence-corrected chi connectivity index (χ2v) is 5.98. The molecule has 0 radical (unpaired) electrons. The van der Waals surface area contributed by atoms with Gasteiger partial charge in [0.1, 0.15) is 0 Å². The molecule has 0 aliphatic carbocycles. The molecule has 0 heterocycles. The predicted octanol–water partition coefficient (Wildman–Crippen LogP) is 5.50. The molecule has 0 saturated heterocycles. The number of carbonyl (C=O) groups is 1. The fraction of sp³-hybridized carbons (Fsp3) is 0.941. The van der Waals surface area contributed by atoms with Gasteiger partial charge in [-0.1, -0.05) is 72.1 Å². The van der Waals surface area contributed by atoms with Crippen molar-refractivity contribution < 1.29 is 9.53 Å². The summed E-state index contributed by atoms with van der Waals surface area (Å²) in [6, 6.07) is 0. The molecule has 0 spiro atoms. The van der Waals surface area contributed by atoms with E-state index in [1.807, 2.05) is 0 Å². The molecule has 0 saturated carbocycles. The minimum atomic E-state index is -0.00122. The van der Waals surface area contributed by atoms with E-state index in [9.17, 15) is 4.79 Å². The monoisotopic (exact) mass is 270 g/mol. The zero-order valence-corrected chi connectivity index (χ0v) is 13.4. The first-order valence-corrected chi connectivity index (χ1v) is 8.32. The summed E-state index contributed by atoms with van der Waals surface area (Å²) in [6.07, 6.45) is 12.7. The third-order valence-electron chi connectivity index (χ3n) is 3.42. The van der Waals surface area contributed by atoms with Crippen molar-refractivity contribution in [3.63, 3.8) is 0 Å². The van der Waals surface area contributed by atoms with Gasteiger partial charge in [0, 0.05) is 6.42 Å². The second-order valence-electron chi connectivity index (χ2n) is 5.98. The average molecular weight is 270 g/mol. The summed E-state index contributed by atoms with van der Waals surface area (Å²) in [5, 5.41) is 0. The number of unbranched alkanes of at least 4 members (excludes halogenated alkanes) is 7. The Morgan fingerprint density at radius 1 is 0.895 bits per heavy atom. The topological polar surface area (TPSA) is 26.3 Å². The van der Waals surface area contributed by atoms with E-state index >= 15 is 0 Å². The van der Waals surface area contributed by atoms with E-state index in [1.54, 1.807) is 0 Å². The number of ether oxygens (including phenoxy) is 1. The lowest BCUT2D eigenvalue weighted by atomic mass is 10.0. The lowest BCUT2D eigenvalue weighted by Crippen LogP contribution is -2.05. The van der Waals surface area contributed by atoms with E-state index in [0.717, 1.165) is 25.2 Å². The molecule has 0 aromatic rings. The molecule has 114 valence electrons. The van der Waals surface area contributed by atoms with E-state index < -0.39 is 0 Å². The molecule has 19 heavy (non-hydrogen) atoms. The van der Waals surface area contributed by atoms with Crippen molar-refractivity contribution in [2.24, 2.45) is 5.92 Å². The molecule has 0 aromatic heterocycles. The number of rotatable bonds is 13. The Labute approximate surface area is 120 Å². The normalized spacial score (nSPS) is 10.9. The summed E-state index contributed by atoms with van der Waals surface area (Å²) in [4.78, 5) is 11.4. The van der Waals surface area contributed by atoms with Crippen LogP contribution in [-0.2, 0) is 9.53 Å². The Balaban J connectivity index is 3.16. The molecule has 0 aliphatic heterocycles. The summed E-state index contributed by atoms with van der Waals surface area (Å²) >= 11 is 0. The fourth-order valence-electron chi connectivity index (χ4n) is 2.14. The van der Waals surface area contributed by atoms with E-state index in [0.29, 0.717) is 13.0 Å². The molecule has 0 aromatic carbocycles. The van der Waals surface area contributed by atoms with Crippen molar-refractivity contribution >= 4 is 5.97 Å². The molecule has 0 unspecified atom stereocenters. The number of hydrogen-bond donors (Lipinski definition) is 0. The smallest absolute Gasteiger partial charge is 0.305 e. The third kappa shape index (κ3) is 15.4. The molecule has 0 rings (SSSR count). The average Bonchev–Trinajstić information content (AvgIpc) is 2.37. The molecule has 0 N–H and O–H groups in total. The van der Waals surface area contributed by atoms with Crippen LogP contribution in [0.4, 0.5) is 0 Å². The Morgan fingerprint density at radius 2 is 1.53 bits per heavy atom. The quantitative estimate of drug-likeness (QED) is 0.326. The minimum Gasteiger partial charge on any atom is -0.466 e. The Morgan fingerprint density at radius 3 is 2.21 bits per heavy atom. The van der Waals surface area contributed by atoms with Gasteiger partial charge in [-0.3, -0.25) is 4.79 Å². The van der Waals surface area contributed by atoms with E-state index in [-0.39, 0.29) is 5.97 Å². The lowest BCUT2D eigenvalue weighted by Gasteiger charge is -2.06. The van der Waals surface area contributed by atoms with Gasteiger partial charge < -0.3 is 4.74 Å². The van der Waals surface area contributed by atoms with E-state index in [4.69, 9.17) is 4.74 Å². The highest BCUT2D eigenvalue weighted by molar-refractivity contribution is 5.69. The van der Waals surface area contributed by atoms with Gasteiger partial charge in [-0.05, 0) is 18.8 Å². The van der Waals surface area contributed by atoms with Crippen LogP contribution in [0.5, 0.6) is 0 Å². The van der Waals surface area contributed by atoms with Crippen molar-refractivity contribution in [3.8, 4) is 0 Å². The van der Waals surface area contributed by atoms with Crippen molar-refractivity contribution in [2.75, 3.05) is 6.61 Å². The summed E-state index contributed by atoms with van der Waals surface area (Å²) in [7, 11) is 0. The van der Waals surface area contributed by atoms with Crippen LogP contribution < -0.4 is 0 Å². The van der Waals surface area contributed by atoms with Gasteiger partial charge >= 0.3 is 5.97 Å². The number of hydrogen-bond acceptors (Lipinski definition) is 2. The molecule has 0 amide bonds. The van der Waals surface area contributed by atoms with Crippen molar-refractivity contribution in [3.05, 3.63) is 0 Å². The third-order valence-corrected chi connectivity index (χ3v) is 3.42. The molecular weight excluding hydrogens is 236 g/mol. The summed E-state index contributed by atoms with van der Waals surface area (Å²) in [5.41, 5.74) is 0. The first-order chi connectivity index (χ1) is 9.16. The summed E-state index contributed by atoms with van der Waals surface area (Å²) in [5.74, 6) is 0.809. The zero-order chi connectivity index (χ0) is 14.3. The van der Waals surface area contributed by atoms with Crippen LogP contribution in [0.3, 0.4) is 0 Å². The Hall–Kier alpha value is -0.530. The molecule has 0 bridgehead atoms. The Kier molecular flexibility index (Phi) is 13.5. The zero-order valence-electron chi connectivity index (χ0n) is 13.4. The highest BCUT2D eigenvalue weighted by Crippen LogP contribution is 2.10. The highest BCUT2D eigenvalue weighted by atomic mass is 16.5. The van der Waals surface area contributed by atoms with Crippen LogP contribution in [0.2, 0.25) is 0 Å². The molecule has 0 fully saturated rings. The van der Waals surface area contributed by atoms with Gasteiger partial charge in [0.2, 0.25) is 0 Å². The Bertz CT molecular complexity index is 199. The SMILES string of the molecule is CCCCCCCC(=O)OCCCCCCC(C)C. The van der Waals surface area contributed by atoms with Crippen LogP contribution in [0.15, 0.2) is 0 Å². The van der Waals surface area contributed by atoms with Crippen LogP contribution >= 0.6 is 0 Å². The van der Waals surface area contributed by atoms with Gasteiger partial charge in [-0.2, -0.15) is 0 Å². The molecule has 0 aliphatic rings. The first kappa shape index (κ1) is 18.5. The van der Waals surface area contributed by atoms with Gasteiger partial charge in [0.25, 0.3) is 0 Å². The van der Waals surface area contributed by atoms with Crippen LogP contribution in [0.25, 0.3) is 0 Å². The predicted molar refractivity (Wildman–Crippen MR) is 82.3 cm³/mol. The first-order valence-electron chi connectivity index (χ1n) is 8.32. The van der Waals surface area contributed by atoms with Gasteiger partial charge in [0.15, 0.2) is 0 Å². The van der Waals surface area contributed by atoms with Crippen LogP contribution in [0.1, 0.15) is 91.4 Å². The summed E-state index contributed by atoms with van der Waals surface area (Å²) in [6.45, 7) is 7.36. The van der Waals surface area contributed by atoms with Crippen molar-refractivity contribution in [2.45, 2.75) is 91.4 Å². The van der Waals surface area contributed by atoms with Crippen molar-refractivity contribution in [1.82, 2.24) is 0 Å². The van der Waals surface area contributed by atoms with Crippen molar-refractivity contribution in [1.29, 1.82) is 0 Å². The number of carbonyl (C=O) groups excluding carboxylic acids is 1. The van der Waals surface area contributed by atoms with Gasteiger partial charge in [-0.25, -0.2) is 0 Å².